The fraction of sp³-hybridized carbons (Fsp3) is 0.176. The first kappa shape index (κ1) is 18.2. The van der Waals surface area contributed by atoms with Gasteiger partial charge in [0.05, 0.1) is 30.0 Å². The van der Waals surface area contributed by atoms with E-state index in [0.29, 0.717) is 22.7 Å². The van der Waals surface area contributed by atoms with E-state index >= 15 is 0 Å². The number of hydrogen-bond donors (Lipinski definition) is 0. The SMILES string of the molecule is COc1cc(C#N)ccc1OCc1nnnn1-c1ccc(C(F)(F)F)cc1. The summed E-state index contributed by atoms with van der Waals surface area (Å²) in [6, 6.07) is 11.1. The van der Waals surface area contributed by atoms with E-state index in [0.717, 1.165) is 12.1 Å². The number of tetrazole rings is 1. The predicted molar refractivity (Wildman–Crippen MR) is 86.2 cm³/mol. The molecule has 0 spiro atoms. The van der Waals surface area contributed by atoms with Crippen molar-refractivity contribution in [2.45, 2.75) is 12.8 Å². The van der Waals surface area contributed by atoms with Gasteiger partial charge in [-0.25, -0.2) is 0 Å². The number of rotatable bonds is 5. The maximum absolute atomic E-state index is 12.7. The van der Waals surface area contributed by atoms with Crippen molar-refractivity contribution in [2.75, 3.05) is 7.11 Å². The molecule has 2 aromatic carbocycles. The fourth-order valence-corrected chi connectivity index (χ4v) is 2.29. The maximum atomic E-state index is 12.7. The van der Waals surface area contributed by atoms with Gasteiger partial charge in [0, 0.05) is 6.07 Å². The Morgan fingerprint density at radius 1 is 1.11 bits per heavy atom. The van der Waals surface area contributed by atoms with Crippen molar-refractivity contribution in [3.8, 4) is 23.3 Å². The lowest BCUT2D eigenvalue weighted by molar-refractivity contribution is -0.137. The number of ether oxygens (including phenoxy) is 2. The minimum atomic E-state index is -4.42. The molecular formula is C17H12F3N5O2. The molecule has 1 aromatic heterocycles. The van der Waals surface area contributed by atoms with E-state index in [9.17, 15) is 13.2 Å². The normalized spacial score (nSPS) is 11.1. The number of hydrogen-bond acceptors (Lipinski definition) is 6. The molecule has 0 saturated heterocycles. The van der Waals surface area contributed by atoms with E-state index in [1.54, 1.807) is 12.1 Å². The lowest BCUT2D eigenvalue weighted by Crippen LogP contribution is -2.09. The first-order chi connectivity index (χ1) is 12.9. The monoisotopic (exact) mass is 375 g/mol. The van der Waals surface area contributed by atoms with Gasteiger partial charge >= 0.3 is 6.18 Å². The van der Waals surface area contributed by atoms with Crippen LogP contribution in [0.15, 0.2) is 42.5 Å². The van der Waals surface area contributed by atoms with Crippen molar-refractivity contribution in [1.82, 2.24) is 20.2 Å². The molecule has 0 N–H and O–H groups in total. The van der Waals surface area contributed by atoms with Crippen LogP contribution in [-0.4, -0.2) is 27.3 Å². The Bertz CT molecular complexity index is 977. The number of nitrogens with zero attached hydrogens (tertiary/aromatic N) is 5. The van der Waals surface area contributed by atoms with Gasteiger partial charge in [-0.05, 0) is 46.8 Å². The van der Waals surface area contributed by atoms with Crippen molar-refractivity contribution in [2.24, 2.45) is 0 Å². The molecular weight excluding hydrogens is 363 g/mol. The number of methoxy groups -OCH3 is 1. The molecule has 7 nitrogen and oxygen atoms in total. The predicted octanol–water partition coefficient (Wildman–Crippen LogP) is 3.14. The van der Waals surface area contributed by atoms with Gasteiger partial charge in [0.15, 0.2) is 23.9 Å². The Labute approximate surface area is 151 Å². The van der Waals surface area contributed by atoms with Gasteiger partial charge in [-0.1, -0.05) is 0 Å². The number of aromatic nitrogens is 4. The Balaban J connectivity index is 1.79. The van der Waals surface area contributed by atoms with Crippen LogP contribution >= 0.6 is 0 Å². The zero-order chi connectivity index (χ0) is 19.4. The molecule has 0 fully saturated rings. The molecule has 0 aliphatic rings. The third-order valence-electron chi connectivity index (χ3n) is 3.62. The summed E-state index contributed by atoms with van der Waals surface area (Å²) in [5.74, 6) is 1.02. The second-order valence-corrected chi connectivity index (χ2v) is 5.32. The number of benzene rings is 2. The van der Waals surface area contributed by atoms with E-state index in [2.05, 4.69) is 15.5 Å². The van der Waals surface area contributed by atoms with Crippen LogP contribution in [0.5, 0.6) is 11.5 Å². The van der Waals surface area contributed by atoms with Crippen molar-refractivity contribution in [3.63, 3.8) is 0 Å². The minimum absolute atomic E-state index is 0.0592. The fourth-order valence-electron chi connectivity index (χ4n) is 2.29. The van der Waals surface area contributed by atoms with Crippen LogP contribution in [0, 0.1) is 11.3 Å². The number of halogens is 3. The average molecular weight is 375 g/mol. The van der Waals surface area contributed by atoms with Crippen LogP contribution in [0.4, 0.5) is 13.2 Å². The summed E-state index contributed by atoms with van der Waals surface area (Å²) in [5.41, 5.74) is 0.00613. The van der Waals surface area contributed by atoms with Crippen molar-refractivity contribution >= 4 is 0 Å². The molecule has 138 valence electrons. The standard InChI is InChI=1S/C17H12F3N5O2/c1-26-15-8-11(9-21)2-7-14(15)27-10-16-22-23-24-25(16)13-5-3-12(4-6-13)17(18,19)20/h2-8H,10H2,1H3. The molecule has 3 aromatic rings. The van der Waals surface area contributed by atoms with Crippen LogP contribution in [0.25, 0.3) is 5.69 Å². The van der Waals surface area contributed by atoms with Gasteiger partial charge in [-0.3, -0.25) is 0 Å². The zero-order valence-corrected chi connectivity index (χ0v) is 13.9. The molecule has 0 bridgehead atoms. The third kappa shape index (κ3) is 3.98. The first-order valence-electron chi connectivity index (χ1n) is 7.58. The maximum Gasteiger partial charge on any atom is 0.416 e. The molecule has 0 saturated carbocycles. The lowest BCUT2D eigenvalue weighted by atomic mass is 10.2. The van der Waals surface area contributed by atoms with Crippen LogP contribution in [0.2, 0.25) is 0 Å². The third-order valence-corrected chi connectivity index (χ3v) is 3.62. The second-order valence-electron chi connectivity index (χ2n) is 5.32. The number of nitriles is 1. The molecule has 27 heavy (non-hydrogen) atoms. The summed E-state index contributed by atoms with van der Waals surface area (Å²) < 4.78 is 50.1. The smallest absolute Gasteiger partial charge is 0.416 e. The molecule has 0 amide bonds. The van der Waals surface area contributed by atoms with Gasteiger partial charge < -0.3 is 9.47 Å². The van der Waals surface area contributed by atoms with Gasteiger partial charge in [0.2, 0.25) is 0 Å². The molecule has 3 rings (SSSR count). The van der Waals surface area contributed by atoms with Crippen LogP contribution < -0.4 is 9.47 Å². The van der Waals surface area contributed by atoms with Gasteiger partial charge in [0.1, 0.15) is 0 Å². The van der Waals surface area contributed by atoms with Crippen molar-refractivity contribution in [3.05, 3.63) is 59.4 Å². The Kier molecular flexibility index (Phi) is 4.94. The summed E-state index contributed by atoms with van der Waals surface area (Å²) in [7, 11) is 1.44. The van der Waals surface area contributed by atoms with E-state index < -0.39 is 11.7 Å². The molecule has 0 atom stereocenters. The molecule has 10 heteroatoms. The van der Waals surface area contributed by atoms with Crippen LogP contribution in [0.3, 0.4) is 0 Å². The molecule has 0 unspecified atom stereocenters. The second kappa shape index (κ2) is 7.33. The summed E-state index contributed by atoms with van der Waals surface area (Å²) in [6.45, 7) is -0.0592. The van der Waals surface area contributed by atoms with Crippen molar-refractivity contribution in [1.29, 1.82) is 5.26 Å². The highest BCUT2D eigenvalue weighted by atomic mass is 19.4. The summed E-state index contributed by atoms with van der Waals surface area (Å²) in [6.07, 6.45) is -4.42. The highest BCUT2D eigenvalue weighted by Crippen LogP contribution is 2.30. The highest BCUT2D eigenvalue weighted by molar-refractivity contribution is 5.46. The largest absolute Gasteiger partial charge is 0.493 e. The summed E-state index contributed by atoms with van der Waals surface area (Å²) in [5, 5.41) is 20.1. The van der Waals surface area contributed by atoms with E-state index in [1.165, 1.54) is 30.0 Å². The topological polar surface area (TPSA) is 85.8 Å². The van der Waals surface area contributed by atoms with E-state index in [-0.39, 0.29) is 12.4 Å². The Morgan fingerprint density at radius 2 is 1.85 bits per heavy atom. The minimum Gasteiger partial charge on any atom is -0.493 e. The van der Waals surface area contributed by atoms with E-state index in [1.807, 2.05) is 6.07 Å². The van der Waals surface area contributed by atoms with Gasteiger partial charge in [-0.2, -0.15) is 23.1 Å². The quantitative estimate of drug-likeness (QED) is 0.681. The first-order valence-corrected chi connectivity index (χ1v) is 7.58. The Hall–Kier alpha value is -3.61. The van der Waals surface area contributed by atoms with Crippen molar-refractivity contribution < 1.29 is 22.6 Å². The highest BCUT2D eigenvalue weighted by Gasteiger charge is 2.30. The molecule has 0 aliphatic heterocycles. The average Bonchev–Trinajstić information content (AvgIpc) is 3.14. The molecule has 1 heterocycles. The van der Waals surface area contributed by atoms with E-state index in [4.69, 9.17) is 14.7 Å². The number of alkyl halides is 3. The van der Waals surface area contributed by atoms with Gasteiger partial charge in [0.25, 0.3) is 0 Å². The zero-order valence-electron chi connectivity index (χ0n) is 13.9. The summed E-state index contributed by atoms with van der Waals surface area (Å²) in [4.78, 5) is 0. The summed E-state index contributed by atoms with van der Waals surface area (Å²) >= 11 is 0. The molecule has 0 radical (unpaired) electrons. The van der Waals surface area contributed by atoms with Crippen LogP contribution in [-0.2, 0) is 12.8 Å². The Morgan fingerprint density at radius 3 is 2.48 bits per heavy atom. The lowest BCUT2D eigenvalue weighted by Gasteiger charge is -2.11. The van der Waals surface area contributed by atoms with Crippen LogP contribution in [0.1, 0.15) is 17.0 Å². The molecule has 0 aliphatic carbocycles. The van der Waals surface area contributed by atoms with Gasteiger partial charge in [-0.15, -0.1) is 5.10 Å².